The van der Waals surface area contributed by atoms with Gasteiger partial charge in [-0.15, -0.1) is 0 Å². The summed E-state index contributed by atoms with van der Waals surface area (Å²) < 4.78 is 9.94. The SMILES string of the molecule is CCOC(=O)CCc1c(C)c2cc(O)c(O)cc2oc1=O. The number of aromatic hydroxyl groups is 2. The number of phenols is 2. The zero-order valence-corrected chi connectivity index (χ0v) is 11.8. The van der Waals surface area contributed by atoms with Crippen molar-refractivity contribution in [2.24, 2.45) is 0 Å². The lowest BCUT2D eigenvalue weighted by atomic mass is 10.0. The van der Waals surface area contributed by atoms with Crippen LogP contribution in [0.2, 0.25) is 0 Å². The fourth-order valence-corrected chi connectivity index (χ4v) is 2.16. The van der Waals surface area contributed by atoms with Crippen molar-refractivity contribution in [2.75, 3.05) is 6.61 Å². The summed E-state index contributed by atoms with van der Waals surface area (Å²) in [5.41, 5.74) is 0.601. The van der Waals surface area contributed by atoms with Gasteiger partial charge in [-0.3, -0.25) is 4.79 Å². The van der Waals surface area contributed by atoms with Crippen molar-refractivity contribution in [1.82, 2.24) is 0 Å². The highest BCUT2D eigenvalue weighted by atomic mass is 16.5. The molecule has 1 aromatic heterocycles. The predicted molar refractivity (Wildman–Crippen MR) is 75.5 cm³/mol. The van der Waals surface area contributed by atoms with E-state index in [1.807, 2.05) is 0 Å². The minimum atomic E-state index is -0.561. The molecule has 0 bridgehead atoms. The Labute approximate surface area is 120 Å². The molecule has 0 saturated carbocycles. The molecular weight excluding hydrogens is 276 g/mol. The normalized spacial score (nSPS) is 10.8. The minimum Gasteiger partial charge on any atom is -0.504 e. The average molecular weight is 292 g/mol. The van der Waals surface area contributed by atoms with Crippen molar-refractivity contribution in [3.05, 3.63) is 33.7 Å². The summed E-state index contributed by atoms with van der Waals surface area (Å²) in [7, 11) is 0. The maximum Gasteiger partial charge on any atom is 0.339 e. The number of phenolic OH excluding ortho intramolecular Hbond substituents is 2. The average Bonchev–Trinajstić information content (AvgIpc) is 2.41. The van der Waals surface area contributed by atoms with Gasteiger partial charge in [0, 0.05) is 23.4 Å². The van der Waals surface area contributed by atoms with Crippen LogP contribution < -0.4 is 5.63 Å². The van der Waals surface area contributed by atoms with Crippen LogP contribution in [0.3, 0.4) is 0 Å². The number of hydrogen-bond acceptors (Lipinski definition) is 6. The molecule has 112 valence electrons. The van der Waals surface area contributed by atoms with E-state index in [2.05, 4.69) is 0 Å². The largest absolute Gasteiger partial charge is 0.504 e. The van der Waals surface area contributed by atoms with Crippen molar-refractivity contribution in [1.29, 1.82) is 0 Å². The molecule has 6 nitrogen and oxygen atoms in total. The van der Waals surface area contributed by atoms with E-state index in [1.54, 1.807) is 13.8 Å². The number of benzene rings is 1. The van der Waals surface area contributed by atoms with E-state index >= 15 is 0 Å². The molecule has 0 fully saturated rings. The van der Waals surface area contributed by atoms with E-state index < -0.39 is 5.63 Å². The first-order valence-electron chi connectivity index (χ1n) is 6.58. The fraction of sp³-hybridized carbons (Fsp3) is 0.333. The van der Waals surface area contributed by atoms with Crippen LogP contribution in [-0.4, -0.2) is 22.8 Å². The molecule has 0 amide bonds. The molecule has 0 unspecified atom stereocenters. The number of aryl methyl sites for hydroxylation is 1. The molecular formula is C15H16O6. The molecule has 0 saturated heterocycles. The summed E-state index contributed by atoms with van der Waals surface area (Å²) in [6.07, 6.45) is 0.277. The Morgan fingerprint density at radius 1 is 1.29 bits per heavy atom. The predicted octanol–water partition coefficient (Wildman–Crippen LogP) is 2.01. The maximum absolute atomic E-state index is 12.0. The van der Waals surface area contributed by atoms with Gasteiger partial charge in [0.05, 0.1) is 6.61 Å². The van der Waals surface area contributed by atoms with Crippen LogP contribution in [0, 0.1) is 6.92 Å². The lowest BCUT2D eigenvalue weighted by molar-refractivity contribution is -0.143. The molecule has 2 rings (SSSR count). The van der Waals surface area contributed by atoms with Crippen molar-refractivity contribution in [2.45, 2.75) is 26.7 Å². The Hall–Kier alpha value is -2.50. The van der Waals surface area contributed by atoms with Crippen molar-refractivity contribution in [3.63, 3.8) is 0 Å². The number of rotatable bonds is 4. The number of fused-ring (bicyclic) bond motifs is 1. The molecule has 1 aromatic carbocycles. The minimum absolute atomic E-state index is 0.0784. The summed E-state index contributed by atoms with van der Waals surface area (Å²) in [6, 6.07) is 2.52. The second kappa shape index (κ2) is 5.87. The number of ether oxygens (including phenoxy) is 1. The first-order valence-corrected chi connectivity index (χ1v) is 6.58. The summed E-state index contributed by atoms with van der Waals surface area (Å²) >= 11 is 0. The van der Waals surface area contributed by atoms with Gasteiger partial charge in [0.1, 0.15) is 5.58 Å². The number of carbonyl (C=O) groups is 1. The monoisotopic (exact) mass is 292 g/mol. The lowest BCUT2D eigenvalue weighted by Crippen LogP contribution is -2.13. The zero-order valence-electron chi connectivity index (χ0n) is 11.8. The fourth-order valence-electron chi connectivity index (χ4n) is 2.16. The van der Waals surface area contributed by atoms with Gasteiger partial charge in [0.2, 0.25) is 0 Å². The van der Waals surface area contributed by atoms with Crippen molar-refractivity contribution < 1.29 is 24.2 Å². The molecule has 0 atom stereocenters. The van der Waals surface area contributed by atoms with Crippen LogP contribution in [0.15, 0.2) is 21.3 Å². The highest BCUT2D eigenvalue weighted by Gasteiger charge is 2.15. The molecule has 0 spiro atoms. The third-order valence-corrected chi connectivity index (χ3v) is 3.27. The van der Waals surface area contributed by atoms with Crippen LogP contribution in [0.25, 0.3) is 11.0 Å². The third kappa shape index (κ3) is 2.99. The number of esters is 1. The Morgan fingerprint density at radius 2 is 1.95 bits per heavy atom. The highest BCUT2D eigenvalue weighted by Crippen LogP contribution is 2.31. The quantitative estimate of drug-likeness (QED) is 0.508. The van der Waals surface area contributed by atoms with Crippen LogP contribution in [0.1, 0.15) is 24.5 Å². The summed E-state index contributed by atoms with van der Waals surface area (Å²) in [4.78, 5) is 23.3. The number of hydrogen-bond donors (Lipinski definition) is 2. The molecule has 21 heavy (non-hydrogen) atoms. The Morgan fingerprint density at radius 3 is 2.62 bits per heavy atom. The molecule has 0 aliphatic carbocycles. The van der Waals surface area contributed by atoms with Crippen LogP contribution >= 0.6 is 0 Å². The van der Waals surface area contributed by atoms with Gasteiger partial charge >= 0.3 is 11.6 Å². The van der Waals surface area contributed by atoms with Crippen LogP contribution in [0.4, 0.5) is 0 Å². The zero-order chi connectivity index (χ0) is 15.6. The van der Waals surface area contributed by atoms with E-state index in [-0.39, 0.29) is 42.5 Å². The second-order valence-electron chi connectivity index (χ2n) is 4.64. The summed E-state index contributed by atoms with van der Waals surface area (Å²) in [5, 5.41) is 19.5. The summed E-state index contributed by atoms with van der Waals surface area (Å²) in [5.74, 6) is -1.04. The van der Waals surface area contributed by atoms with E-state index in [0.29, 0.717) is 16.5 Å². The molecule has 0 aliphatic rings. The van der Waals surface area contributed by atoms with E-state index in [9.17, 15) is 19.8 Å². The molecule has 0 radical (unpaired) electrons. The van der Waals surface area contributed by atoms with Gasteiger partial charge in [-0.2, -0.15) is 0 Å². The molecule has 1 heterocycles. The van der Waals surface area contributed by atoms with Gasteiger partial charge in [-0.05, 0) is 31.9 Å². The Balaban J connectivity index is 2.43. The third-order valence-electron chi connectivity index (χ3n) is 3.27. The highest BCUT2D eigenvalue weighted by molar-refractivity contribution is 5.84. The molecule has 0 aliphatic heterocycles. The topological polar surface area (TPSA) is 97.0 Å². The summed E-state index contributed by atoms with van der Waals surface area (Å²) in [6.45, 7) is 3.70. The molecule has 2 aromatic rings. The Kier molecular flexibility index (Phi) is 4.16. The number of carbonyl (C=O) groups excluding carboxylic acids is 1. The smallest absolute Gasteiger partial charge is 0.339 e. The van der Waals surface area contributed by atoms with Crippen molar-refractivity contribution in [3.8, 4) is 11.5 Å². The maximum atomic E-state index is 12.0. The van der Waals surface area contributed by atoms with Gasteiger partial charge in [-0.25, -0.2) is 4.79 Å². The van der Waals surface area contributed by atoms with E-state index in [1.165, 1.54) is 12.1 Å². The van der Waals surface area contributed by atoms with Gasteiger partial charge in [0.25, 0.3) is 0 Å². The molecule has 6 heteroatoms. The van der Waals surface area contributed by atoms with Gasteiger partial charge in [-0.1, -0.05) is 0 Å². The first-order chi connectivity index (χ1) is 9.93. The van der Waals surface area contributed by atoms with Crippen molar-refractivity contribution >= 4 is 16.9 Å². The van der Waals surface area contributed by atoms with Crippen LogP contribution in [-0.2, 0) is 16.0 Å². The van der Waals surface area contributed by atoms with E-state index in [4.69, 9.17) is 9.15 Å². The van der Waals surface area contributed by atoms with Gasteiger partial charge < -0.3 is 19.4 Å². The molecule has 2 N–H and O–H groups in total. The second-order valence-corrected chi connectivity index (χ2v) is 4.64. The Bertz CT molecular complexity index is 744. The van der Waals surface area contributed by atoms with Gasteiger partial charge in [0.15, 0.2) is 11.5 Å². The first kappa shape index (κ1) is 14.9. The van der Waals surface area contributed by atoms with E-state index in [0.717, 1.165) is 0 Å². The standard InChI is InChI=1S/C15H16O6/c1-3-20-14(18)5-4-9-8(2)10-6-11(16)12(17)7-13(10)21-15(9)19/h6-7,16-17H,3-5H2,1-2H3. The van der Waals surface area contributed by atoms with Crippen LogP contribution in [0.5, 0.6) is 11.5 Å². The lowest BCUT2D eigenvalue weighted by Gasteiger charge is -2.08.